The minimum Gasteiger partial charge on any atom is -0.468 e. The lowest BCUT2D eigenvalue weighted by molar-refractivity contribution is -0.148. The van der Waals surface area contributed by atoms with E-state index in [0.717, 1.165) is 32.2 Å². The summed E-state index contributed by atoms with van der Waals surface area (Å²) in [5.74, 6) is -0.108. The Morgan fingerprint density at radius 1 is 1.52 bits per heavy atom. The maximum absolute atomic E-state index is 12.2. The first-order valence-electron chi connectivity index (χ1n) is 7.66. The number of carbonyl (C=O) groups excluding carboxylic acids is 1. The molecule has 0 aromatic heterocycles. The standard InChI is InChI=1S/C17H25NO2S/c1-4-10-18-17(16(19)20-3)9-8-15(12-17)21-14-7-5-6-13(2)11-14/h5-7,11,15,18H,4,8-10,12H2,1-3H3. The first-order chi connectivity index (χ1) is 10.1. The van der Waals surface area contributed by atoms with Crippen LogP contribution in [0.15, 0.2) is 29.2 Å². The Labute approximate surface area is 131 Å². The van der Waals surface area contributed by atoms with Gasteiger partial charge in [0.15, 0.2) is 0 Å². The van der Waals surface area contributed by atoms with E-state index in [1.165, 1.54) is 17.6 Å². The first-order valence-corrected chi connectivity index (χ1v) is 8.54. The van der Waals surface area contributed by atoms with Crippen molar-refractivity contribution in [1.29, 1.82) is 0 Å². The Bertz CT molecular complexity index is 491. The van der Waals surface area contributed by atoms with Crippen molar-refractivity contribution >= 4 is 17.7 Å². The summed E-state index contributed by atoms with van der Waals surface area (Å²) in [7, 11) is 1.48. The highest BCUT2D eigenvalue weighted by atomic mass is 32.2. The van der Waals surface area contributed by atoms with Crippen LogP contribution >= 0.6 is 11.8 Å². The number of ether oxygens (including phenoxy) is 1. The minimum atomic E-state index is -0.480. The molecule has 1 aromatic carbocycles. The van der Waals surface area contributed by atoms with Crippen molar-refractivity contribution in [3.05, 3.63) is 29.8 Å². The highest BCUT2D eigenvalue weighted by Crippen LogP contribution is 2.41. The van der Waals surface area contributed by atoms with Gasteiger partial charge in [0, 0.05) is 10.1 Å². The zero-order chi connectivity index (χ0) is 15.3. The first kappa shape index (κ1) is 16.4. The number of esters is 1. The van der Waals surface area contributed by atoms with Gasteiger partial charge in [-0.25, -0.2) is 0 Å². The molecule has 116 valence electrons. The van der Waals surface area contributed by atoms with Crippen LogP contribution in [-0.2, 0) is 9.53 Å². The zero-order valence-corrected chi connectivity index (χ0v) is 14.0. The van der Waals surface area contributed by atoms with Gasteiger partial charge in [0.05, 0.1) is 7.11 Å². The largest absolute Gasteiger partial charge is 0.468 e. The lowest BCUT2D eigenvalue weighted by Crippen LogP contribution is -2.51. The second-order valence-electron chi connectivity index (χ2n) is 5.80. The Morgan fingerprint density at radius 2 is 2.33 bits per heavy atom. The molecule has 0 radical (unpaired) electrons. The van der Waals surface area contributed by atoms with E-state index >= 15 is 0 Å². The summed E-state index contributed by atoms with van der Waals surface area (Å²) in [5.41, 5.74) is 0.799. The second-order valence-corrected chi connectivity index (χ2v) is 7.17. The van der Waals surface area contributed by atoms with Crippen LogP contribution in [0.1, 0.15) is 38.2 Å². The second kappa shape index (κ2) is 7.32. The molecule has 1 aliphatic rings. The molecule has 1 aromatic rings. The molecule has 1 aliphatic carbocycles. The highest BCUT2D eigenvalue weighted by molar-refractivity contribution is 8.00. The number of hydrogen-bond donors (Lipinski definition) is 1. The highest BCUT2D eigenvalue weighted by Gasteiger charge is 2.46. The average molecular weight is 307 g/mol. The van der Waals surface area contributed by atoms with Crippen LogP contribution in [0, 0.1) is 6.92 Å². The summed E-state index contributed by atoms with van der Waals surface area (Å²) in [4.78, 5) is 13.5. The van der Waals surface area contributed by atoms with Crippen LogP contribution in [0.5, 0.6) is 0 Å². The lowest BCUT2D eigenvalue weighted by atomic mass is 9.97. The van der Waals surface area contributed by atoms with Crippen LogP contribution in [0.25, 0.3) is 0 Å². The average Bonchev–Trinajstić information content (AvgIpc) is 2.88. The Morgan fingerprint density at radius 3 is 3.00 bits per heavy atom. The fourth-order valence-electron chi connectivity index (χ4n) is 2.96. The van der Waals surface area contributed by atoms with E-state index in [0.29, 0.717) is 5.25 Å². The van der Waals surface area contributed by atoms with E-state index in [1.54, 1.807) is 0 Å². The van der Waals surface area contributed by atoms with E-state index in [9.17, 15) is 4.79 Å². The van der Waals surface area contributed by atoms with Gasteiger partial charge in [-0.05, 0) is 51.3 Å². The van der Waals surface area contributed by atoms with Gasteiger partial charge in [-0.3, -0.25) is 4.79 Å². The van der Waals surface area contributed by atoms with Gasteiger partial charge in [-0.15, -0.1) is 11.8 Å². The van der Waals surface area contributed by atoms with Crippen LogP contribution < -0.4 is 5.32 Å². The van der Waals surface area contributed by atoms with Gasteiger partial charge >= 0.3 is 5.97 Å². The summed E-state index contributed by atoms with van der Waals surface area (Å²) >= 11 is 1.88. The molecule has 1 N–H and O–H groups in total. The molecule has 2 unspecified atom stereocenters. The summed E-state index contributed by atoms with van der Waals surface area (Å²) in [6.07, 6.45) is 3.78. The zero-order valence-electron chi connectivity index (χ0n) is 13.1. The van der Waals surface area contributed by atoms with E-state index in [1.807, 2.05) is 11.8 Å². The van der Waals surface area contributed by atoms with E-state index in [2.05, 4.69) is 43.4 Å². The molecule has 0 bridgehead atoms. The topological polar surface area (TPSA) is 38.3 Å². The number of hydrogen-bond acceptors (Lipinski definition) is 4. The van der Waals surface area contributed by atoms with Gasteiger partial charge in [0.2, 0.25) is 0 Å². The third kappa shape index (κ3) is 4.01. The predicted octanol–water partition coefficient (Wildman–Crippen LogP) is 3.55. The molecule has 4 heteroatoms. The molecule has 2 rings (SSSR count). The summed E-state index contributed by atoms with van der Waals surface area (Å²) in [6.45, 7) is 5.09. The number of carbonyl (C=O) groups is 1. The normalized spacial score (nSPS) is 25.0. The smallest absolute Gasteiger partial charge is 0.326 e. The summed E-state index contributed by atoms with van der Waals surface area (Å²) in [6, 6.07) is 8.56. The maximum Gasteiger partial charge on any atom is 0.326 e. The molecule has 0 amide bonds. The van der Waals surface area contributed by atoms with Crippen molar-refractivity contribution in [2.45, 2.75) is 55.2 Å². The molecule has 0 aliphatic heterocycles. The van der Waals surface area contributed by atoms with Gasteiger partial charge < -0.3 is 10.1 Å². The molecule has 21 heavy (non-hydrogen) atoms. The third-order valence-electron chi connectivity index (χ3n) is 4.05. The van der Waals surface area contributed by atoms with E-state index < -0.39 is 5.54 Å². The van der Waals surface area contributed by atoms with Crippen molar-refractivity contribution in [2.75, 3.05) is 13.7 Å². The SMILES string of the molecule is CCCNC1(C(=O)OC)CCC(Sc2cccc(C)c2)C1. The van der Waals surface area contributed by atoms with Gasteiger partial charge in [0.25, 0.3) is 0 Å². The fourth-order valence-corrected chi connectivity index (χ4v) is 4.36. The molecule has 1 saturated carbocycles. The van der Waals surface area contributed by atoms with Gasteiger partial charge in [0.1, 0.15) is 5.54 Å². The number of rotatable bonds is 6. The summed E-state index contributed by atoms with van der Waals surface area (Å²) < 4.78 is 5.04. The van der Waals surface area contributed by atoms with E-state index in [-0.39, 0.29) is 5.97 Å². The van der Waals surface area contributed by atoms with Crippen molar-refractivity contribution in [3.63, 3.8) is 0 Å². The fraction of sp³-hybridized carbons (Fsp3) is 0.588. The van der Waals surface area contributed by atoms with Crippen LogP contribution in [0.2, 0.25) is 0 Å². The number of aryl methyl sites for hydroxylation is 1. The molecule has 3 nitrogen and oxygen atoms in total. The number of thioether (sulfide) groups is 1. The van der Waals surface area contributed by atoms with Crippen LogP contribution in [-0.4, -0.2) is 30.4 Å². The van der Waals surface area contributed by atoms with Crippen molar-refractivity contribution in [2.24, 2.45) is 0 Å². The minimum absolute atomic E-state index is 0.108. The molecule has 1 fully saturated rings. The Balaban J connectivity index is 2.03. The molecular weight excluding hydrogens is 282 g/mol. The lowest BCUT2D eigenvalue weighted by Gasteiger charge is -2.27. The number of benzene rings is 1. The molecule has 0 saturated heterocycles. The van der Waals surface area contributed by atoms with Crippen molar-refractivity contribution < 1.29 is 9.53 Å². The number of nitrogens with one attached hydrogen (secondary N) is 1. The van der Waals surface area contributed by atoms with Gasteiger partial charge in [-0.2, -0.15) is 0 Å². The number of methoxy groups -OCH3 is 1. The van der Waals surface area contributed by atoms with Crippen molar-refractivity contribution in [3.8, 4) is 0 Å². The van der Waals surface area contributed by atoms with Crippen LogP contribution in [0.4, 0.5) is 0 Å². The Hall–Kier alpha value is -1.00. The molecule has 0 heterocycles. The van der Waals surface area contributed by atoms with E-state index in [4.69, 9.17) is 4.74 Å². The molecular formula is C17H25NO2S. The molecule has 0 spiro atoms. The van der Waals surface area contributed by atoms with Crippen LogP contribution in [0.3, 0.4) is 0 Å². The molecule has 2 atom stereocenters. The Kier molecular flexibility index (Phi) is 5.71. The predicted molar refractivity (Wildman–Crippen MR) is 87.7 cm³/mol. The summed E-state index contributed by atoms with van der Waals surface area (Å²) in [5, 5.41) is 3.90. The maximum atomic E-state index is 12.2. The monoisotopic (exact) mass is 307 g/mol. The van der Waals surface area contributed by atoms with Crippen molar-refractivity contribution in [1.82, 2.24) is 5.32 Å². The quantitative estimate of drug-likeness (QED) is 0.816. The third-order valence-corrected chi connectivity index (χ3v) is 5.31. The van der Waals surface area contributed by atoms with Gasteiger partial charge in [-0.1, -0.05) is 24.6 Å².